The molecular formula is C11H11F3N2. The first-order valence-electron chi connectivity index (χ1n) is 4.79. The maximum absolute atomic E-state index is 12.8. The average molecular weight is 228 g/mol. The zero-order chi connectivity index (χ0) is 11.9. The van der Waals surface area contributed by atoms with Crippen LogP contribution in [0.25, 0.3) is 10.9 Å². The lowest BCUT2D eigenvalue weighted by molar-refractivity contribution is -0.136. The quantitative estimate of drug-likeness (QED) is 0.799. The SMILES string of the molecule is Cn1cc(CN)c2cccc(C(F)(F)F)c21. The van der Waals surface area contributed by atoms with Crippen molar-refractivity contribution in [3.8, 4) is 0 Å². The third-order valence-electron chi connectivity index (χ3n) is 2.61. The molecule has 0 fully saturated rings. The fourth-order valence-corrected chi connectivity index (χ4v) is 1.94. The second kappa shape index (κ2) is 3.52. The van der Waals surface area contributed by atoms with Crippen LogP contribution in [-0.2, 0) is 19.8 Å². The van der Waals surface area contributed by atoms with E-state index in [0.717, 1.165) is 11.6 Å². The van der Waals surface area contributed by atoms with Crippen molar-refractivity contribution >= 4 is 10.9 Å². The van der Waals surface area contributed by atoms with E-state index in [9.17, 15) is 13.2 Å². The van der Waals surface area contributed by atoms with E-state index in [1.54, 1.807) is 19.3 Å². The summed E-state index contributed by atoms with van der Waals surface area (Å²) >= 11 is 0. The number of halogens is 3. The highest BCUT2D eigenvalue weighted by Crippen LogP contribution is 2.35. The van der Waals surface area contributed by atoms with Gasteiger partial charge in [-0.05, 0) is 11.6 Å². The predicted molar refractivity (Wildman–Crippen MR) is 55.8 cm³/mol. The van der Waals surface area contributed by atoms with Crippen LogP contribution in [0.4, 0.5) is 13.2 Å². The Hall–Kier alpha value is -1.49. The van der Waals surface area contributed by atoms with Gasteiger partial charge in [0.25, 0.3) is 0 Å². The largest absolute Gasteiger partial charge is 0.418 e. The van der Waals surface area contributed by atoms with Crippen LogP contribution in [0.3, 0.4) is 0 Å². The Balaban J connectivity index is 2.83. The molecule has 0 unspecified atom stereocenters. The number of nitrogens with zero attached hydrogens (tertiary/aromatic N) is 1. The Morgan fingerprint density at radius 1 is 1.31 bits per heavy atom. The first-order chi connectivity index (χ1) is 7.45. The molecule has 16 heavy (non-hydrogen) atoms. The third kappa shape index (κ3) is 1.57. The van der Waals surface area contributed by atoms with Crippen molar-refractivity contribution < 1.29 is 13.2 Å². The van der Waals surface area contributed by atoms with E-state index in [4.69, 9.17) is 5.73 Å². The van der Waals surface area contributed by atoms with E-state index in [1.165, 1.54) is 10.6 Å². The molecule has 0 aliphatic heterocycles. The molecule has 1 aromatic carbocycles. The number of rotatable bonds is 1. The molecule has 2 rings (SSSR count). The molecule has 0 saturated heterocycles. The number of alkyl halides is 3. The number of fused-ring (bicyclic) bond motifs is 1. The van der Waals surface area contributed by atoms with Gasteiger partial charge in [-0.1, -0.05) is 12.1 Å². The van der Waals surface area contributed by atoms with Crippen LogP contribution < -0.4 is 5.73 Å². The second-order valence-electron chi connectivity index (χ2n) is 3.67. The smallest absolute Gasteiger partial charge is 0.350 e. The van der Waals surface area contributed by atoms with Gasteiger partial charge in [0.05, 0.1) is 11.1 Å². The first kappa shape index (κ1) is 11.0. The minimum atomic E-state index is -4.34. The fraction of sp³-hybridized carbons (Fsp3) is 0.273. The molecule has 1 aromatic heterocycles. The Morgan fingerprint density at radius 2 is 2.00 bits per heavy atom. The third-order valence-corrected chi connectivity index (χ3v) is 2.61. The Kier molecular flexibility index (Phi) is 2.42. The maximum Gasteiger partial charge on any atom is 0.418 e. The van der Waals surface area contributed by atoms with Gasteiger partial charge in [-0.3, -0.25) is 0 Å². The number of hydrogen-bond donors (Lipinski definition) is 1. The number of aryl methyl sites for hydroxylation is 1. The molecule has 0 aliphatic rings. The molecule has 86 valence electrons. The lowest BCUT2D eigenvalue weighted by Gasteiger charge is -2.09. The molecule has 2 nitrogen and oxygen atoms in total. The zero-order valence-electron chi connectivity index (χ0n) is 8.67. The topological polar surface area (TPSA) is 30.9 Å². The van der Waals surface area contributed by atoms with Crippen molar-refractivity contribution in [2.24, 2.45) is 12.8 Å². The zero-order valence-corrected chi connectivity index (χ0v) is 8.67. The first-order valence-corrected chi connectivity index (χ1v) is 4.79. The minimum absolute atomic E-state index is 0.190. The van der Waals surface area contributed by atoms with Gasteiger partial charge in [0.2, 0.25) is 0 Å². The van der Waals surface area contributed by atoms with Gasteiger partial charge in [0.15, 0.2) is 0 Å². The van der Waals surface area contributed by atoms with Crippen molar-refractivity contribution in [3.63, 3.8) is 0 Å². The van der Waals surface area contributed by atoms with Crippen LogP contribution in [0.2, 0.25) is 0 Å². The Morgan fingerprint density at radius 3 is 2.56 bits per heavy atom. The van der Waals surface area contributed by atoms with Gasteiger partial charge in [0.1, 0.15) is 0 Å². The summed E-state index contributed by atoms with van der Waals surface area (Å²) in [6.45, 7) is 0.235. The predicted octanol–water partition coefficient (Wildman–Crippen LogP) is 2.66. The van der Waals surface area contributed by atoms with Crippen molar-refractivity contribution in [2.75, 3.05) is 0 Å². The van der Waals surface area contributed by atoms with E-state index in [1.807, 2.05) is 0 Å². The van der Waals surface area contributed by atoms with Gasteiger partial charge in [-0.2, -0.15) is 13.2 Å². The summed E-state index contributed by atoms with van der Waals surface area (Å²) in [5, 5.41) is 0.569. The van der Waals surface area contributed by atoms with E-state index < -0.39 is 11.7 Å². The van der Waals surface area contributed by atoms with Crippen molar-refractivity contribution in [1.82, 2.24) is 4.57 Å². The molecule has 1 heterocycles. The number of para-hydroxylation sites is 1. The highest BCUT2D eigenvalue weighted by atomic mass is 19.4. The Bertz CT molecular complexity index is 526. The molecule has 0 aliphatic carbocycles. The summed E-state index contributed by atoms with van der Waals surface area (Å²) in [6.07, 6.45) is -2.70. The summed E-state index contributed by atoms with van der Waals surface area (Å²) in [4.78, 5) is 0. The maximum atomic E-state index is 12.8. The van der Waals surface area contributed by atoms with Crippen LogP contribution in [0.5, 0.6) is 0 Å². The average Bonchev–Trinajstić information content (AvgIpc) is 2.54. The van der Waals surface area contributed by atoms with Crippen LogP contribution in [0.15, 0.2) is 24.4 Å². The molecule has 5 heteroatoms. The van der Waals surface area contributed by atoms with E-state index in [-0.39, 0.29) is 12.1 Å². The summed E-state index contributed by atoms with van der Waals surface area (Å²) < 4.78 is 39.8. The number of benzene rings is 1. The van der Waals surface area contributed by atoms with Crippen LogP contribution in [0.1, 0.15) is 11.1 Å². The molecule has 0 spiro atoms. The van der Waals surface area contributed by atoms with Crippen molar-refractivity contribution in [2.45, 2.75) is 12.7 Å². The molecule has 0 atom stereocenters. The highest BCUT2D eigenvalue weighted by Gasteiger charge is 2.33. The molecule has 2 aromatic rings. The van der Waals surface area contributed by atoms with Crippen LogP contribution in [0, 0.1) is 0 Å². The monoisotopic (exact) mass is 228 g/mol. The molecule has 0 bridgehead atoms. The Labute approximate surface area is 90.5 Å². The van der Waals surface area contributed by atoms with Crippen molar-refractivity contribution in [1.29, 1.82) is 0 Å². The molecule has 0 radical (unpaired) electrons. The standard InChI is InChI=1S/C11H11F3N2/c1-16-6-7(5-15)8-3-2-4-9(10(8)16)11(12,13)14/h2-4,6H,5,15H2,1H3. The van der Waals surface area contributed by atoms with E-state index in [2.05, 4.69) is 0 Å². The lowest BCUT2D eigenvalue weighted by Crippen LogP contribution is -2.07. The van der Waals surface area contributed by atoms with Gasteiger partial charge in [-0.25, -0.2) is 0 Å². The summed E-state index contributed by atoms with van der Waals surface area (Å²) in [5.74, 6) is 0. The number of nitrogens with two attached hydrogens (primary N) is 1. The molecular weight excluding hydrogens is 217 g/mol. The van der Waals surface area contributed by atoms with Gasteiger partial charge < -0.3 is 10.3 Å². The molecule has 2 N–H and O–H groups in total. The minimum Gasteiger partial charge on any atom is -0.350 e. The number of hydrogen-bond acceptors (Lipinski definition) is 1. The van der Waals surface area contributed by atoms with Gasteiger partial charge in [0, 0.05) is 25.2 Å². The van der Waals surface area contributed by atoms with E-state index >= 15 is 0 Å². The van der Waals surface area contributed by atoms with Crippen LogP contribution >= 0.6 is 0 Å². The lowest BCUT2D eigenvalue weighted by atomic mass is 10.1. The second-order valence-corrected chi connectivity index (χ2v) is 3.67. The van der Waals surface area contributed by atoms with E-state index in [0.29, 0.717) is 5.39 Å². The normalized spacial score (nSPS) is 12.3. The summed E-state index contributed by atoms with van der Waals surface area (Å²) in [5.41, 5.74) is 5.79. The highest BCUT2D eigenvalue weighted by molar-refractivity contribution is 5.87. The number of aromatic nitrogens is 1. The molecule has 0 amide bonds. The van der Waals surface area contributed by atoms with Crippen LogP contribution in [-0.4, -0.2) is 4.57 Å². The van der Waals surface area contributed by atoms with Crippen molar-refractivity contribution in [3.05, 3.63) is 35.5 Å². The molecule has 0 saturated carbocycles. The van der Waals surface area contributed by atoms with Gasteiger partial charge in [-0.15, -0.1) is 0 Å². The van der Waals surface area contributed by atoms with Gasteiger partial charge >= 0.3 is 6.18 Å². The summed E-state index contributed by atoms with van der Waals surface area (Å²) in [6, 6.07) is 4.15. The summed E-state index contributed by atoms with van der Waals surface area (Å²) in [7, 11) is 1.59. The fourth-order valence-electron chi connectivity index (χ4n) is 1.94.